The van der Waals surface area contributed by atoms with Crippen LogP contribution in [0.15, 0.2) is 18.3 Å². The van der Waals surface area contributed by atoms with Crippen LogP contribution in [0.3, 0.4) is 0 Å². The molecule has 1 aromatic rings. The van der Waals surface area contributed by atoms with E-state index in [2.05, 4.69) is 10.3 Å². The van der Waals surface area contributed by atoms with E-state index < -0.39 is 11.4 Å². The van der Waals surface area contributed by atoms with Gasteiger partial charge in [-0.3, -0.25) is 0 Å². The van der Waals surface area contributed by atoms with E-state index in [0.717, 1.165) is 0 Å². The largest absolute Gasteiger partial charge is 0.360 e. The number of pyridine rings is 1. The van der Waals surface area contributed by atoms with Gasteiger partial charge in [0.2, 0.25) is 0 Å². The highest BCUT2D eigenvalue weighted by Gasteiger charge is 2.27. The molecular weight excluding hydrogens is 238 g/mol. The van der Waals surface area contributed by atoms with Crippen LogP contribution in [0.5, 0.6) is 0 Å². The predicted molar refractivity (Wildman–Crippen MR) is 62.3 cm³/mol. The summed E-state index contributed by atoms with van der Waals surface area (Å²) in [6.07, 6.45) is 2.23. The number of nitrogens with zero attached hydrogens (tertiary/aromatic N) is 1. The molecule has 0 aromatic carbocycles. The second-order valence-corrected chi connectivity index (χ2v) is 3.89. The molecule has 0 atom stereocenters. The molecule has 0 bridgehead atoms. The van der Waals surface area contributed by atoms with Gasteiger partial charge in [-0.25, -0.2) is 9.37 Å². The summed E-state index contributed by atoms with van der Waals surface area (Å²) in [5.74, 6) is 0.415. The summed E-state index contributed by atoms with van der Waals surface area (Å²) in [6, 6.07) is 2.88. The second-order valence-electron chi connectivity index (χ2n) is 3.36. The molecule has 2 nitrogen and oxygen atoms in total. The van der Waals surface area contributed by atoms with Gasteiger partial charge in [-0.15, -0.1) is 23.2 Å². The second kappa shape index (κ2) is 5.52. The van der Waals surface area contributed by atoms with Gasteiger partial charge >= 0.3 is 0 Å². The number of nitrogens with one attached hydrogen (secondary N) is 1. The Balaban J connectivity index is 2.88. The van der Waals surface area contributed by atoms with Gasteiger partial charge in [0.05, 0.1) is 5.54 Å². The summed E-state index contributed by atoms with van der Waals surface area (Å²) < 4.78 is 13.3. The topological polar surface area (TPSA) is 24.9 Å². The molecule has 0 unspecified atom stereocenters. The van der Waals surface area contributed by atoms with Gasteiger partial charge in [-0.1, -0.05) is 6.92 Å². The van der Waals surface area contributed by atoms with Crippen molar-refractivity contribution in [2.45, 2.75) is 18.9 Å². The number of halogens is 3. The molecule has 0 radical (unpaired) electrons. The van der Waals surface area contributed by atoms with Crippen LogP contribution in [0.4, 0.5) is 10.2 Å². The zero-order valence-electron chi connectivity index (χ0n) is 8.43. The van der Waals surface area contributed by atoms with Crippen LogP contribution in [-0.4, -0.2) is 22.3 Å². The molecule has 0 amide bonds. The predicted octanol–water partition coefficient (Wildman–Crippen LogP) is 3.26. The maximum absolute atomic E-state index is 13.3. The molecule has 1 heterocycles. The van der Waals surface area contributed by atoms with Gasteiger partial charge in [-0.05, 0) is 18.6 Å². The highest BCUT2D eigenvalue weighted by molar-refractivity contribution is 6.22. The van der Waals surface area contributed by atoms with Crippen LogP contribution in [0.2, 0.25) is 0 Å². The third-order valence-electron chi connectivity index (χ3n) is 2.33. The number of alkyl halides is 2. The Morgan fingerprint density at radius 1 is 1.47 bits per heavy atom. The molecule has 1 aromatic heterocycles. The third kappa shape index (κ3) is 2.95. The third-order valence-corrected chi connectivity index (χ3v) is 3.35. The minimum absolute atomic E-state index is 0.195. The molecule has 0 saturated carbocycles. The number of rotatable bonds is 5. The fourth-order valence-corrected chi connectivity index (χ4v) is 1.91. The van der Waals surface area contributed by atoms with E-state index in [1.54, 1.807) is 0 Å². The maximum atomic E-state index is 13.3. The average Bonchev–Trinajstić information content (AvgIpc) is 2.29. The average molecular weight is 251 g/mol. The lowest BCUT2D eigenvalue weighted by atomic mass is 10.0. The highest BCUT2D eigenvalue weighted by atomic mass is 35.5. The Kier molecular flexibility index (Phi) is 4.61. The van der Waals surface area contributed by atoms with Crippen molar-refractivity contribution in [2.75, 3.05) is 17.1 Å². The van der Waals surface area contributed by atoms with Crippen LogP contribution in [0.1, 0.15) is 13.3 Å². The van der Waals surface area contributed by atoms with Crippen molar-refractivity contribution in [1.29, 1.82) is 0 Å². The van der Waals surface area contributed by atoms with Gasteiger partial charge < -0.3 is 5.32 Å². The highest BCUT2D eigenvalue weighted by Crippen LogP contribution is 2.22. The van der Waals surface area contributed by atoms with Crippen molar-refractivity contribution >= 4 is 29.0 Å². The summed E-state index contributed by atoms with van der Waals surface area (Å²) in [4.78, 5) is 3.90. The zero-order valence-corrected chi connectivity index (χ0v) is 9.95. The first kappa shape index (κ1) is 12.5. The summed E-state index contributed by atoms with van der Waals surface area (Å²) >= 11 is 11.7. The lowest BCUT2D eigenvalue weighted by Gasteiger charge is -2.30. The Bertz CT molecular complexity index is 308. The summed E-state index contributed by atoms with van der Waals surface area (Å²) in [6.45, 7) is 1.94. The van der Waals surface area contributed by atoms with Crippen LogP contribution in [-0.2, 0) is 0 Å². The zero-order chi connectivity index (χ0) is 11.3. The molecule has 0 aliphatic rings. The quantitative estimate of drug-likeness (QED) is 0.812. The number of hydrogen-bond acceptors (Lipinski definition) is 2. The molecular formula is C10H13Cl2FN2. The van der Waals surface area contributed by atoms with Crippen LogP contribution < -0.4 is 5.32 Å². The van der Waals surface area contributed by atoms with Crippen molar-refractivity contribution in [2.24, 2.45) is 0 Å². The molecule has 0 spiro atoms. The van der Waals surface area contributed by atoms with Crippen molar-refractivity contribution in [3.8, 4) is 0 Å². The fraction of sp³-hybridized carbons (Fsp3) is 0.500. The van der Waals surface area contributed by atoms with Gasteiger partial charge in [0, 0.05) is 18.0 Å². The summed E-state index contributed by atoms with van der Waals surface area (Å²) in [5, 5.41) is 2.96. The molecule has 0 aliphatic heterocycles. The SMILES string of the molecule is CCC(CCl)(CCl)Nc1ncccc1F. The minimum Gasteiger partial charge on any atom is -0.360 e. The first-order valence-corrected chi connectivity index (χ1v) is 5.75. The van der Waals surface area contributed by atoms with Gasteiger partial charge in [0.1, 0.15) is 0 Å². The molecule has 5 heteroatoms. The fourth-order valence-electron chi connectivity index (χ4n) is 1.11. The van der Waals surface area contributed by atoms with E-state index in [1.165, 1.54) is 18.3 Å². The van der Waals surface area contributed by atoms with Crippen molar-refractivity contribution < 1.29 is 4.39 Å². The molecule has 1 rings (SSSR count). The Morgan fingerprint density at radius 3 is 2.60 bits per heavy atom. The monoisotopic (exact) mass is 250 g/mol. The number of hydrogen-bond donors (Lipinski definition) is 1. The lowest BCUT2D eigenvalue weighted by Crippen LogP contribution is -2.42. The Morgan fingerprint density at radius 2 is 2.13 bits per heavy atom. The molecule has 15 heavy (non-hydrogen) atoms. The molecule has 1 N–H and O–H groups in total. The normalized spacial score (nSPS) is 11.5. The first-order valence-electron chi connectivity index (χ1n) is 4.68. The van der Waals surface area contributed by atoms with E-state index in [0.29, 0.717) is 18.2 Å². The summed E-state index contributed by atoms with van der Waals surface area (Å²) in [5.41, 5.74) is -0.502. The van der Waals surface area contributed by atoms with E-state index >= 15 is 0 Å². The van der Waals surface area contributed by atoms with Crippen molar-refractivity contribution in [3.05, 3.63) is 24.1 Å². The number of anilines is 1. The van der Waals surface area contributed by atoms with E-state index in [9.17, 15) is 4.39 Å². The van der Waals surface area contributed by atoms with Crippen LogP contribution in [0.25, 0.3) is 0 Å². The van der Waals surface area contributed by atoms with E-state index in [1.807, 2.05) is 6.92 Å². The smallest absolute Gasteiger partial charge is 0.165 e. The first-order chi connectivity index (χ1) is 7.17. The minimum atomic E-state index is -0.502. The van der Waals surface area contributed by atoms with E-state index in [-0.39, 0.29) is 5.82 Å². The van der Waals surface area contributed by atoms with Crippen molar-refractivity contribution in [3.63, 3.8) is 0 Å². The van der Waals surface area contributed by atoms with Gasteiger partial charge in [0.25, 0.3) is 0 Å². The molecule has 0 fully saturated rings. The molecule has 0 aliphatic carbocycles. The number of aromatic nitrogens is 1. The molecule has 0 saturated heterocycles. The lowest BCUT2D eigenvalue weighted by molar-refractivity contribution is 0.544. The Labute approximate surface area is 98.8 Å². The standard InChI is InChI=1S/C10H13Cl2FN2/c1-2-10(6-11,7-12)15-9-8(13)4-3-5-14-9/h3-5H,2,6-7H2,1H3,(H,14,15). The van der Waals surface area contributed by atoms with Crippen LogP contribution >= 0.6 is 23.2 Å². The Hall–Kier alpha value is -0.540. The van der Waals surface area contributed by atoms with Crippen LogP contribution in [0, 0.1) is 5.82 Å². The van der Waals surface area contributed by atoms with E-state index in [4.69, 9.17) is 23.2 Å². The van der Waals surface area contributed by atoms with Crippen molar-refractivity contribution in [1.82, 2.24) is 4.98 Å². The van der Waals surface area contributed by atoms with Gasteiger partial charge in [-0.2, -0.15) is 0 Å². The summed E-state index contributed by atoms with van der Waals surface area (Å²) in [7, 11) is 0. The maximum Gasteiger partial charge on any atom is 0.165 e. The van der Waals surface area contributed by atoms with Gasteiger partial charge in [0.15, 0.2) is 11.6 Å². The molecule has 84 valence electrons.